The number of hydrogen-bond acceptors (Lipinski definition) is 4. The van der Waals surface area contributed by atoms with Gasteiger partial charge in [-0.25, -0.2) is 0 Å². The molecule has 0 saturated carbocycles. The lowest BCUT2D eigenvalue weighted by Gasteiger charge is -2.24. The number of likely N-dealkylation sites (tertiary alicyclic amines) is 1. The van der Waals surface area contributed by atoms with Gasteiger partial charge in [0.25, 0.3) is 11.5 Å². The van der Waals surface area contributed by atoms with E-state index in [0.29, 0.717) is 18.8 Å². The van der Waals surface area contributed by atoms with Crippen molar-refractivity contribution in [3.05, 3.63) is 77.0 Å². The summed E-state index contributed by atoms with van der Waals surface area (Å²) in [4.78, 5) is 27.0. The third-order valence-electron chi connectivity index (χ3n) is 4.62. The third-order valence-corrected chi connectivity index (χ3v) is 4.62. The summed E-state index contributed by atoms with van der Waals surface area (Å²) in [5, 5.41) is 8.54. The van der Waals surface area contributed by atoms with Crippen LogP contribution >= 0.6 is 0 Å². The minimum atomic E-state index is -0.262. The van der Waals surface area contributed by atoms with Crippen LogP contribution in [-0.4, -0.2) is 43.0 Å². The van der Waals surface area contributed by atoms with E-state index in [-0.39, 0.29) is 23.2 Å². The molecule has 1 aliphatic rings. The van der Waals surface area contributed by atoms with Crippen LogP contribution in [0.25, 0.3) is 5.69 Å². The van der Waals surface area contributed by atoms with Gasteiger partial charge in [-0.1, -0.05) is 18.2 Å². The van der Waals surface area contributed by atoms with Crippen LogP contribution in [0.3, 0.4) is 0 Å². The first-order valence-corrected chi connectivity index (χ1v) is 8.66. The van der Waals surface area contributed by atoms with E-state index < -0.39 is 0 Å². The van der Waals surface area contributed by atoms with Gasteiger partial charge in [-0.3, -0.25) is 14.3 Å². The second-order valence-electron chi connectivity index (χ2n) is 6.33. The summed E-state index contributed by atoms with van der Waals surface area (Å²) >= 11 is 0. The minimum absolute atomic E-state index is 0.0845. The van der Waals surface area contributed by atoms with Crippen molar-refractivity contribution >= 4 is 5.91 Å². The molecule has 1 aromatic carbocycles. The predicted molar refractivity (Wildman–Crippen MR) is 96.1 cm³/mol. The van der Waals surface area contributed by atoms with Crippen LogP contribution in [0.1, 0.15) is 23.3 Å². The average molecular weight is 349 g/mol. The lowest BCUT2D eigenvalue weighted by molar-refractivity contribution is 0.0713. The molecule has 7 heteroatoms. The van der Waals surface area contributed by atoms with Crippen molar-refractivity contribution < 1.29 is 4.79 Å². The topological polar surface area (TPSA) is 73.0 Å². The van der Waals surface area contributed by atoms with Gasteiger partial charge < -0.3 is 4.90 Å². The van der Waals surface area contributed by atoms with Crippen molar-refractivity contribution in [1.29, 1.82) is 0 Å². The van der Waals surface area contributed by atoms with Crippen molar-refractivity contribution in [3.8, 4) is 5.69 Å². The molecule has 0 N–H and O–H groups in total. The molecular formula is C19H19N5O2. The molecule has 1 saturated heterocycles. The van der Waals surface area contributed by atoms with Crippen LogP contribution in [-0.2, 0) is 6.54 Å². The Morgan fingerprint density at radius 1 is 1.12 bits per heavy atom. The normalized spacial score (nSPS) is 16.8. The number of para-hydroxylation sites is 1. The molecule has 7 nitrogen and oxygen atoms in total. The van der Waals surface area contributed by atoms with Gasteiger partial charge in [-0.2, -0.15) is 14.9 Å². The Hall–Kier alpha value is -3.22. The number of carbonyl (C=O) groups is 1. The van der Waals surface area contributed by atoms with Crippen LogP contribution in [0.4, 0.5) is 0 Å². The van der Waals surface area contributed by atoms with E-state index in [0.717, 1.165) is 12.8 Å². The molecular weight excluding hydrogens is 330 g/mol. The highest BCUT2D eigenvalue weighted by Gasteiger charge is 2.30. The molecule has 132 valence electrons. The SMILES string of the molecule is O=C(c1ccc(=O)n(-c2ccccc2)n1)N1CCCC1Cn1cccn1. The number of amides is 1. The zero-order valence-corrected chi connectivity index (χ0v) is 14.2. The van der Waals surface area contributed by atoms with Gasteiger partial charge in [0.2, 0.25) is 0 Å². The Kier molecular flexibility index (Phi) is 4.35. The summed E-state index contributed by atoms with van der Waals surface area (Å²) in [6.07, 6.45) is 5.52. The molecule has 1 aliphatic heterocycles. The van der Waals surface area contributed by atoms with E-state index in [1.807, 2.05) is 40.0 Å². The number of carbonyl (C=O) groups excluding carboxylic acids is 1. The number of hydrogen-bond donors (Lipinski definition) is 0. The Morgan fingerprint density at radius 3 is 2.73 bits per heavy atom. The molecule has 1 atom stereocenters. The first kappa shape index (κ1) is 16.3. The molecule has 3 aromatic rings. The third kappa shape index (κ3) is 3.15. The first-order valence-electron chi connectivity index (χ1n) is 8.66. The standard InChI is InChI=1S/C19H19N5O2/c25-18-10-9-17(21-24(18)15-6-2-1-3-7-15)19(26)23-13-4-8-16(23)14-22-12-5-11-20-22/h1-3,5-7,9-12,16H,4,8,13-14H2. The van der Waals surface area contributed by atoms with Crippen molar-refractivity contribution in [2.75, 3.05) is 6.54 Å². The maximum absolute atomic E-state index is 13.0. The summed E-state index contributed by atoms with van der Waals surface area (Å²) in [5.41, 5.74) is 0.657. The maximum atomic E-state index is 13.0. The summed E-state index contributed by atoms with van der Waals surface area (Å²) < 4.78 is 3.11. The number of benzene rings is 1. The summed E-state index contributed by atoms with van der Waals surface area (Å²) in [7, 11) is 0. The quantitative estimate of drug-likeness (QED) is 0.719. The predicted octanol–water partition coefficient (Wildman–Crippen LogP) is 1.73. The van der Waals surface area contributed by atoms with Crippen molar-refractivity contribution in [3.63, 3.8) is 0 Å². The smallest absolute Gasteiger partial charge is 0.274 e. The van der Waals surface area contributed by atoms with E-state index in [4.69, 9.17) is 0 Å². The zero-order valence-electron chi connectivity index (χ0n) is 14.2. The van der Waals surface area contributed by atoms with Crippen LogP contribution in [0.15, 0.2) is 65.7 Å². The molecule has 2 aromatic heterocycles. The van der Waals surface area contributed by atoms with Gasteiger partial charge in [0, 0.05) is 25.0 Å². The fraction of sp³-hybridized carbons (Fsp3) is 0.263. The van der Waals surface area contributed by atoms with E-state index in [1.54, 1.807) is 18.3 Å². The van der Waals surface area contributed by atoms with Crippen LogP contribution in [0.2, 0.25) is 0 Å². The summed E-state index contributed by atoms with van der Waals surface area (Å²) in [5.74, 6) is -0.149. The molecule has 1 fully saturated rings. The molecule has 3 heterocycles. The molecule has 0 radical (unpaired) electrons. The maximum Gasteiger partial charge on any atom is 0.274 e. The lowest BCUT2D eigenvalue weighted by atomic mass is 10.2. The van der Waals surface area contributed by atoms with Gasteiger partial charge in [0.05, 0.1) is 18.3 Å². The van der Waals surface area contributed by atoms with Crippen molar-refractivity contribution in [2.45, 2.75) is 25.4 Å². The van der Waals surface area contributed by atoms with Gasteiger partial charge in [-0.15, -0.1) is 0 Å². The second-order valence-corrected chi connectivity index (χ2v) is 6.33. The second kappa shape index (κ2) is 6.95. The van der Waals surface area contributed by atoms with E-state index in [2.05, 4.69) is 10.2 Å². The molecule has 1 amide bonds. The lowest BCUT2D eigenvalue weighted by Crippen LogP contribution is -2.39. The Labute approximate surface area is 150 Å². The number of rotatable bonds is 4. The Balaban J connectivity index is 1.61. The molecule has 1 unspecified atom stereocenters. The first-order chi connectivity index (χ1) is 12.7. The highest BCUT2D eigenvalue weighted by molar-refractivity contribution is 5.92. The summed E-state index contributed by atoms with van der Waals surface area (Å²) in [6, 6.07) is 14.0. The van der Waals surface area contributed by atoms with Crippen molar-refractivity contribution in [1.82, 2.24) is 24.5 Å². The van der Waals surface area contributed by atoms with E-state index >= 15 is 0 Å². The Morgan fingerprint density at radius 2 is 1.96 bits per heavy atom. The van der Waals surface area contributed by atoms with Gasteiger partial charge in [-0.05, 0) is 37.1 Å². The molecule has 0 spiro atoms. The fourth-order valence-electron chi connectivity index (χ4n) is 3.34. The zero-order chi connectivity index (χ0) is 17.9. The van der Waals surface area contributed by atoms with Gasteiger partial charge in [0.15, 0.2) is 0 Å². The fourth-order valence-corrected chi connectivity index (χ4v) is 3.34. The number of nitrogens with zero attached hydrogens (tertiary/aromatic N) is 5. The Bertz CT molecular complexity index is 950. The molecule has 4 rings (SSSR count). The molecule has 0 aliphatic carbocycles. The minimum Gasteiger partial charge on any atom is -0.332 e. The largest absolute Gasteiger partial charge is 0.332 e. The molecule has 26 heavy (non-hydrogen) atoms. The van der Waals surface area contributed by atoms with Gasteiger partial charge >= 0.3 is 0 Å². The highest BCUT2D eigenvalue weighted by atomic mass is 16.2. The van der Waals surface area contributed by atoms with E-state index in [9.17, 15) is 9.59 Å². The van der Waals surface area contributed by atoms with Crippen LogP contribution in [0.5, 0.6) is 0 Å². The number of aromatic nitrogens is 4. The van der Waals surface area contributed by atoms with Crippen LogP contribution < -0.4 is 5.56 Å². The monoisotopic (exact) mass is 349 g/mol. The van der Waals surface area contributed by atoms with Gasteiger partial charge in [0.1, 0.15) is 5.69 Å². The summed E-state index contributed by atoms with van der Waals surface area (Å²) in [6.45, 7) is 1.36. The van der Waals surface area contributed by atoms with E-state index in [1.165, 1.54) is 16.8 Å². The highest BCUT2D eigenvalue weighted by Crippen LogP contribution is 2.20. The average Bonchev–Trinajstić information content (AvgIpc) is 3.35. The van der Waals surface area contributed by atoms with Crippen molar-refractivity contribution in [2.24, 2.45) is 0 Å². The van der Waals surface area contributed by atoms with Crippen LogP contribution in [0, 0.1) is 0 Å². The molecule has 0 bridgehead atoms.